The highest BCUT2D eigenvalue weighted by Gasteiger charge is 2.08. The van der Waals surface area contributed by atoms with Crippen LogP contribution in [-0.4, -0.2) is 5.11 Å². The van der Waals surface area contributed by atoms with Gasteiger partial charge in [0.25, 0.3) is 0 Å². The normalized spacial score (nSPS) is 10.8. The van der Waals surface area contributed by atoms with Gasteiger partial charge in [0.2, 0.25) is 0 Å². The fraction of sp³-hybridized carbons (Fsp3) is 0. The molecule has 0 atom stereocenters. The van der Waals surface area contributed by atoms with E-state index in [4.69, 9.17) is 16.7 Å². The zero-order chi connectivity index (χ0) is 8.72. The molecule has 1 heterocycles. The largest absolute Gasteiger partial charge is 0.499 e. The Balaban J connectivity index is 2.89. The Morgan fingerprint density at radius 3 is 2.92 bits per heavy atom. The van der Waals surface area contributed by atoms with E-state index in [0.29, 0.717) is 4.70 Å². The van der Waals surface area contributed by atoms with Gasteiger partial charge in [0.15, 0.2) is 5.06 Å². The number of hydrogen-bond acceptors (Lipinski definition) is 2. The van der Waals surface area contributed by atoms with E-state index in [2.05, 4.69) is 0 Å². The van der Waals surface area contributed by atoms with Gasteiger partial charge in [0.05, 0.1) is 9.72 Å². The van der Waals surface area contributed by atoms with E-state index in [1.54, 1.807) is 12.1 Å². The van der Waals surface area contributed by atoms with Crippen molar-refractivity contribution in [3.63, 3.8) is 0 Å². The first-order valence-corrected chi connectivity index (χ1v) is 4.44. The lowest BCUT2D eigenvalue weighted by Crippen LogP contribution is -1.73. The topological polar surface area (TPSA) is 20.2 Å². The Morgan fingerprint density at radius 1 is 1.42 bits per heavy atom. The van der Waals surface area contributed by atoms with Gasteiger partial charge in [-0.15, -0.1) is 0 Å². The summed E-state index contributed by atoms with van der Waals surface area (Å²) >= 11 is 6.74. The quantitative estimate of drug-likeness (QED) is 0.694. The highest BCUT2D eigenvalue weighted by atomic mass is 35.5. The molecule has 0 aliphatic rings. The molecule has 0 aliphatic heterocycles. The van der Waals surface area contributed by atoms with Crippen molar-refractivity contribution in [2.24, 2.45) is 0 Å². The second kappa shape index (κ2) is 2.61. The number of rotatable bonds is 0. The van der Waals surface area contributed by atoms with E-state index >= 15 is 0 Å². The molecule has 0 spiro atoms. The molecule has 0 saturated heterocycles. The summed E-state index contributed by atoms with van der Waals surface area (Å²) in [7, 11) is 0. The maximum Gasteiger partial charge on any atom is 0.172 e. The maximum absolute atomic E-state index is 12.9. The molecule has 0 fully saturated rings. The minimum absolute atomic E-state index is 0.0813. The molecule has 1 N–H and O–H groups in total. The average Bonchev–Trinajstić information content (AvgIpc) is 2.39. The van der Waals surface area contributed by atoms with Crippen LogP contribution in [0.3, 0.4) is 0 Å². The number of fused-ring (bicyclic) bond motifs is 1. The summed E-state index contributed by atoms with van der Waals surface area (Å²) in [6.07, 6.45) is 0. The van der Waals surface area contributed by atoms with Crippen molar-refractivity contribution in [2.45, 2.75) is 0 Å². The minimum atomic E-state index is -0.453. The highest BCUT2D eigenvalue weighted by Crippen LogP contribution is 2.36. The highest BCUT2D eigenvalue weighted by molar-refractivity contribution is 7.21. The van der Waals surface area contributed by atoms with E-state index in [1.807, 2.05) is 0 Å². The average molecular weight is 203 g/mol. The number of benzene rings is 1. The van der Waals surface area contributed by atoms with Crippen LogP contribution in [0.4, 0.5) is 4.39 Å². The molecule has 0 unspecified atom stereocenters. The Kier molecular flexibility index (Phi) is 1.70. The fourth-order valence-corrected chi connectivity index (χ4v) is 2.15. The maximum atomic E-state index is 12.9. The van der Waals surface area contributed by atoms with Crippen molar-refractivity contribution < 1.29 is 9.50 Å². The number of thiophene rings is 1. The summed E-state index contributed by atoms with van der Waals surface area (Å²) in [4.78, 5) is 0. The first-order chi connectivity index (χ1) is 5.68. The Hall–Kier alpha value is -0.800. The van der Waals surface area contributed by atoms with Crippen molar-refractivity contribution in [3.05, 3.63) is 29.0 Å². The molecule has 12 heavy (non-hydrogen) atoms. The molecule has 2 rings (SSSR count). The number of aromatic hydroxyl groups is 1. The van der Waals surface area contributed by atoms with E-state index in [9.17, 15) is 4.39 Å². The van der Waals surface area contributed by atoms with Crippen LogP contribution in [0.15, 0.2) is 18.2 Å². The summed E-state index contributed by atoms with van der Waals surface area (Å²) in [5.41, 5.74) is 0. The zero-order valence-electron chi connectivity index (χ0n) is 5.84. The molecule has 0 saturated carbocycles. The molecule has 2 aromatic rings. The Morgan fingerprint density at radius 2 is 2.17 bits per heavy atom. The van der Waals surface area contributed by atoms with Gasteiger partial charge in [-0.3, -0.25) is 0 Å². The second-order valence-electron chi connectivity index (χ2n) is 2.36. The van der Waals surface area contributed by atoms with E-state index in [-0.39, 0.29) is 10.1 Å². The predicted octanol–water partition coefficient (Wildman–Crippen LogP) is 3.40. The minimum Gasteiger partial charge on any atom is -0.499 e. The van der Waals surface area contributed by atoms with E-state index < -0.39 is 5.82 Å². The van der Waals surface area contributed by atoms with Gasteiger partial charge in [-0.1, -0.05) is 29.0 Å². The van der Waals surface area contributed by atoms with Crippen LogP contribution >= 0.6 is 22.9 Å². The van der Waals surface area contributed by atoms with Gasteiger partial charge < -0.3 is 5.11 Å². The summed E-state index contributed by atoms with van der Waals surface area (Å²) in [5, 5.41) is 10.1. The molecular weight excluding hydrogens is 199 g/mol. The molecule has 1 aromatic heterocycles. The molecule has 4 heteroatoms. The number of halogens is 2. The van der Waals surface area contributed by atoms with Crippen molar-refractivity contribution in [3.8, 4) is 5.06 Å². The van der Waals surface area contributed by atoms with Crippen LogP contribution in [0, 0.1) is 5.82 Å². The summed E-state index contributed by atoms with van der Waals surface area (Å²) in [6, 6.07) is 4.44. The van der Waals surface area contributed by atoms with Crippen molar-refractivity contribution >= 4 is 33.0 Å². The Bertz CT molecular complexity index is 438. The predicted molar refractivity (Wildman–Crippen MR) is 48.5 cm³/mol. The van der Waals surface area contributed by atoms with Crippen molar-refractivity contribution in [1.29, 1.82) is 0 Å². The van der Waals surface area contributed by atoms with Crippen LogP contribution < -0.4 is 0 Å². The summed E-state index contributed by atoms with van der Waals surface area (Å²) in [6.45, 7) is 0. The zero-order valence-corrected chi connectivity index (χ0v) is 7.42. The molecule has 1 aromatic carbocycles. The van der Waals surface area contributed by atoms with Crippen molar-refractivity contribution in [2.75, 3.05) is 0 Å². The van der Waals surface area contributed by atoms with Crippen molar-refractivity contribution in [1.82, 2.24) is 0 Å². The molecule has 1 nitrogen and oxygen atoms in total. The monoisotopic (exact) mass is 202 g/mol. The van der Waals surface area contributed by atoms with Crippen LogP contribution in [0.2, 0.25) is 5.02 Å². The van der Waals surface area contributed by atoms with Crippen LogP contribution in [0.5, 0.6) is 5.06 Å². The Labute approximate surface area is 77.0 Å². The first kappa shape index (κ1) is 7.83. The van der Waals surface area contributed by atoms with Gasteiger partial charge in [-0.25, -0.2) is 4.39 Å². The third-order valence-corrected chi connectivity index (χ3v) is 3.02. The van der Waals surface area contributed by atoms with Crippen LogP contribution in [-0.2, 0) is 0 Å². The lowest BCUT2D eigenvalue weighted by molar-refractivity contribution is 0.491. The molecule has 0 radical (unpaired) electrons. The molecule has 0 bridgehead atoms. The summed E-state index contributed by atoms with van der Waals surface area (Å²) in [5.74, 6) is -0.453. The SMILES string of the molecule is Oc1cc2ccc(F)c(Cl)c2s1. The van der Waals surface area contributed by atoms with Gasteiger partial charge in [-0.2, -0.15) is 0 Å². The molecule has 0 amide bonds. The third kappa shape index (κ3) is 1.06. The van der Waals surface area contributed by atoms with Crippen LogP contribution in [0.25, 0.3) is 10.1 Å². The standard InChI is InChI=1S/C8H4ClFOS/c9-7-5(10)2-1-4-3-6(11)12-8(4)7/h1-3,11H. The smallest absolute Gasteiger partial charge is 0.172 e. The van der Waals surface area contributed by atoms with Gasteiger partial charge in [0, 0.05) is 0 Å². The second-order valence-corrected chi connectivity index (χ2v) is 3.77. The van der Waals surface area contributed by atoms with Gasteiger partial charge >= 0.3 is 0 Å². The van der Waals surface area contributed by atoms with Gasteiger partial charge in [-0.05, 0) is 17.5 Å². The lowest BCUT2D eigenvalue weighted by Gasteiger charge is -1.93. The third-order valence-electron chi connectivity index (χ3n) is 1.57. The molecular formula is C8H4ClFOS. The van der Waals surface area contributed by atoms with E-state index in [1.165, 1.54) is 6.07 Å². The number of hydrogen-bond donors (Lipinski definition) is 1. The van der Waals surface area contributed by atoms with Gasteiger partial charge in [0.1, 0.15) is 5.82 Å². The molecule has 62 valence electrons. The first-order valence-electron chi connectivity index (χ1n) is 3.25. The lowest BCUT2D eigenvalue weighted by atomic mass is 10.2. The van der Waals surface area contributed by atoms with E-state index in [0.717, 1.165) is 16.7 Å². The fourth-order valence-electron chi connectivity index (χ4n) is 1.03. The molecule has 0 aliphatic carbocycles. The van der Waals surface area contributed by atoms with Crippen LogP contribution in [0.1, 0.15) is 0 Å². The summed E-state index contributed by atoms with van der Waals surface area (Å²) < 4.78 is 13.4.